The van der Waals surface area contributed by atoms with E-state index in [0.717, 1.165) is 11.3 Å². The fraction of sp³-hybridized carbons (Fsp3) is 0.316. The van der Waals surface area contributed by atoms with Crippen LogP contribution in [0.2, 0.25) is 0 Å². The zero-order chi connectivity index (χ0) is 20.0. The summed E-state index contributed by atoms with van der Waals surface area (Å²) in [6, 6.07) is 6.57. The molecular formula is C19H21NO5S2. The van der Waals surface area contributed by atoms with Crippen LogP contribution in [0.25, 0.3) is 11.0 Å². The summed E-state index contributed by atoms with van der Waals surface area (Å²) in [7, 11) is -2.39. The maximum atomic E-state index is 12.6. The number of methoxy groups -OCH3 is 1. The Morgan fingerprint density at radius 1 is 1.26 bits per heavy atom. The SMILES string of the molecule is COC(=O)c1c(C(C)(C)C)oc2cc(C)c(NS(=O)(=O)c3cccs3)cc12. The van der Waals surface area contributed by atoms with Crippen molar-refractivity contribution in [3.8, 4) is 0 Å². The van der Waals surface area contributed by atoms with E-state index in [4.69, 9.17) is 9.15 Å². The van der Waals surface area contributed by atoms with Gasteiger partial charge in [-0.2, -0.15) is 0 Å². The standard InChI is InChI=1S/C19H21NO5S2/c1-11-9-14-12(16(18(21)24-5)17(25-14)19(2,3)4)10-13(11)20-27(22,23)15-7-6-8-26-15/h6-10,20H,1-5H3. The summed E-state index contributed by atoms with van der Waals surface area (Å²) >= 11 is 1.13. The normalized spacial score (nSPS) is 12.3. The minimum absolute atomic E-state index is 0.220. The van der Waals surface area contributed by atoms with E-state index < -0.39 is 21.4 Å². The predicted octanol–water partition coefficient (Wildman–Crippen LogP) is 4.69. The quantitative estimate of drug-likeness (QED) is 0.634. The molecule has 0 spiro atoms. The minimum Gasteiger partial charge on any atom is -0.465 e. The average molecular weight is 408 g/mol. The summed E-state index contributed by atoms with van der Waals surface area (Å²) in [6.45, 7) is 7.59. The number of benzene rings is 1. The molecule has 3 rings (SSSR count). The monoisotopic (exact) mass is 407 g/mol. The van der Waals surface area contributed by atoms with Crippen LogP contribution in [0.4, 0.5) is 5.69 Å². The lowest BCUT2D eigenvalue weighted by Gasteiger charge is -2.16. The summed E-state index contributed by atoms with van der Waals surface area (Å²) in [5.74, 6) is -0.0170. The fourth-order valence-electron chi connectivity index (χ4n) is 2.80. The van der Waals surface area contributed by atoms with Crippen molar-refractivity contribution in [3.63, 3.8) is 0 Å². The van der Waals surface area contributed by atoms with Gasteiger partial charge in [-0.05, 0) is 36.1 Å². The molecule has 0 saturated carbocycles. The molecular weight excluding hydrogens is 386 g/mol. The summed E-state index contributed by atoms with van der Waals surface area (Å²) < 4.78 is 38.9. The molecule has 1 aromatic carbocycles. The number of sulfonamides is 1. The Morgan fingerprint density at radius 3 is 2.52 bits per heavy atom. The summed E-state index contributed by atoms with van der Waals surface area (Å²) in [4.78, 5) is 12.4. The van der Waals surface area contributed by atoms with Gasteiger partial charge in [-0.25, -0.2) is 13.2 Å². The molecule has 8 heteroatoms. The molecule has 0 radical (unpaired) electrons. The summed E-state index contributed by atoms with van der Waals surface area (Å²) in [6.07, 6.45) is 0. The zero-order valence-corrected chi connectivity index (χ0v) is 17.4. The average Bonchev–Trinajstić information content (AvgIpc) is 3.21. The molecule has 1 N–H and O–H groups in total. The molecule has 0 aliphatic carbocycles. The highest BCUT2D eigenvalue weighted by Crippen LogP contribution is 2.37. The first-order valence-electron chi connectivity index (χ1n) is 8.27. The maximum absolute atomic E-state index is 12.6. The molecule has 6 nitrogen and oxygen atoms in total. The first-order valence-corrected chi connectivity index (χ1v) is 10.6. The molecule has 144 valence electrons. The van der Waals surface area contributed by atoms with E-state index in [9.17, 15) is 13.2 Å². The predicted molar refractivity (Wildman–Crippen MR) is 106 cm³/mol. The Bertz CT molecular complexity index is 1100. The van der Waals surface area contributed by atoms with Gasteiger partial charge in [0.25, 0.3) is 10.0 Å². The van der Waals surface area contributed by atoms with Crippen molar-refractivity contribution < 1.29 is 22.4 Å². The smallest absolute Gasteiger partial charge is 0.342 e. The number of esters is 1. The van der Waals surface area contributed by atoms with Gasteiger partial charge in [0.15, 0.2) is 0 Å². The fourth-order valence-corrected chi connectivity index (χ4v) is 4.91. The number of aryl methyl sites for hydroxylation is 1. The van der Waals surface area contributed by atoms with Crippen LogP contribution >= 0.6 is 11.3 Å². The van der Waals surface area contributed by atoms with Crippen LogP contribution in [0.3, 0.4) is 0 Å². The molecule has 27 heavy (non-hydrogen) atoms. The third kappa shape index (κ3) is 3.59. The second kappa shape index (κ2) is 6.69. The second-order valence-electron chi connectivity index (χ2n) is 7.25. The van der Waals surface area contributed by atoms with Gasteiger partial charge in [-0.1, -0.05) is 26.8 Å². The van der Waals surface area contributed by atoms with E-state index in [1.165, 1.54) is 13.2 Å². The van der Waals surface area contributed by atoms with E-state index in [-0.39, 0.29) is 4.21 Å². The van der Waals surface area contributed by atoms with Crippen LogP contribution < -0.4 is 4.72 Å². The van der Waals surface area contributed by atoms with Gasteiger partial charge in [-0.15, -0.1) is 11.3 Å². The van der Waals surface area contributed by atoms with Crippen LogP contribution in [0.15, 0.2) is 38.3 Å². The third-order valence-corrected chi connectivity index (χ3v) is 6.87. The highest BCUT2D eigenvalue weighted by Gasteiger charge is 2.30. The Balaban J connectivity index is 2.19. The van der Waals surface area contributed by atoms with Crippen LogP contribution in [0, 0.1) is 6.92 Å². The van der Waals surface area contributed by atoms with Crippen LogP contribution in [0.5, 0.6) is 0 Å². The number of ether oxygens (including phenoxy) is 1. The molecule has 0 atom stereocenters. The molecule has 0 unspecified atom stereocenters. The molecule has 0 bridgehead atoms. The van der Waals surface area contributed by atoms with Crippen molar-refractivity contribution in [2.45, 2.75) is 37.3 Å². The number of carbonyl (C=O) groups is 1. The number of furan rings is 1. The van der Waals surface area contributed by atoms with Crippen molar-refractivity contribution in [2.24, 2.45) is 0 Å². The second-order valence-corrected chi connectivity index (χ2v) is 10.1. The lowest BCUT2D eigenvalue weighted by Crippen LogP contribution is -2.16. The number of thiophene rings is 1. The first kappa shape index (κ1) is 19.4. The van der Waals surface area contributed by atoms with Crippen molar-refractivity contribution in [1.29, 1.82) is 0 Å². The van der Waals surface area contributed by atoms with Crippen LogP contribution in [0.1, 0.15) is 42.5 Å². The van der Waals surface area contributed by atoms with E-state index >= 15 is 0 Å². The molecule has 2 heterocycles. The van der Waals surface area contributed by atoms with E-state index in [2.05, 4.69) is 4.72 Å². The minimum atomic E-state index is -3.70. The van der Waals surface area contributed by atoms with Gasteiger partial charge in [0, 0.05) is 10.8 Å². The highest BCUT2D eigenvalue weighted by molar-refractivity contribution is 7.94. The zero-order valence-electron chi connectivity index (χ0n) is 15.7. The topological polar surface area (TPSA) is 85.6 Å². The lowest BCUT2D eigenvalue weighted by atomic mass is 9.89. The van der Waals surface area contributed by atoms with Gasteiger partial charge in [0.2, 0.25) is 0 Å². The van der Waals surface area contributed by atoms with Gasteiger partial charge in [0.1, 0.15) is 21.1 Å². The molecule has 0 amide bonds. The third-order valence-electron chi connectivity index (χ3n) is 4.11. The van der Waals surface area contributed by atoms with Crippen molar-refractivity contribution >= 4 is 44.0 Å². The largest absolute Gasteiger partial charge is 0.465 e. The highest BCUT2D eigenvalue weighted by atomic mass is 32.2. The number of hydrogen-bond donors (Lipinski definition) is 1. The number of anilines is 1. The van der Waals surface area contributed by atoms with E-state index in [1.54, 1.807) is 30.5 Å². The molecule has 2 aromatic heterocycles. The van der Waals surface area contributed by atoms with Gasteiger partial charge < -0.3 is 9.15 Å². The summed E-state index contributed by atoms with van der Waals surface area (Å²) in [5, 5.41) is 2.22. The van der Waals surface area contributed by atoms with Gasteiger partial charge in [-0.3, -0.25) is 4.72 Å². The number of fused-ring (bicyclic) bond motifs is 1. The number of carbonyl (C=O) groups excluding carboxylic acids is 1. The molecule has 0 fully saturated rings. The van der Waals surface area contributed by atoms with E-state index in [1.807, 2.05) is 20.8 Å². The van der Waals surface area contributed by atoms with Crippen LogP contribution in [-0.2, 0) is 20.2 Å². The van der Waals surface area contributed by atoms with Crippen molar-refractivity contribution in [3.05, 3.63) is 46.5 Å². The Morgan fingerprint density at radius 2 is 1.96 bits per heavy atom. The Kier molecular flexibility index (Phi) is 4.81. The Labute approximate surface area is 162 Å². The summed E-state index contributed by atoms with van der Waals surface area (Å²) in [5.41, 5.74) is 1.48. The molecule has 3 aromatic rings. The maximum Gasteiger partial charge on any atom is 0.342 e. The first-order chi connectivity index (χ1) is 12.5. The molecule has 0 aliphatic rings. The molecule has 0 saturated heterocycles. The number of nitrogens with one attached hydrogen (secondary N) is 1. The van der Waals surface area contributed by atoms with Crippen LogP contribution in [-0.4, -0.2) is 21.5 Å². The van der Waals surface area contributed by atoms with Gasteiger partial charge >= 0.3 is 5.97 Å². The number of rotatable bonds is 4. The van der Waals surface area contributed by atoms with Crippen molar-refractivity contribution in [2.75, 3.05) is 11.8 Å². The van der Waals surface area contributed by atoms with Gasteiger partial charge in [0.05, 0.1) is 12.8 Å². The lowest BCUT2D eigenvalue weighted by molar-refractivity contribution is 0.0598. The number of hydrogen-bond acceptors (Lipinski definition) is 6. The van der Waals surface area contributed by atoms with E-state index in [0.29, 0.717) is 33.5 Å². The molecule has 0 aliphatic heterocycles. The Hall–Kier alpha value is -2.32. The van der Waals surface area contributed by atoms with Crippen molar-refractivity contribution in [1.82, 2.24) is 0 Å².